The molecule has 0 aliphatic carbocycles. The summed E-state index contributed by atoms with van der Waals surface area (Å²) in [5.74, 6) is -0.804. The van der Waals surface area contributed by atoms with Gasteiger partial charge in [0.2, 0.25) is 0 Å². The lowest BCUT2D eigenvalue weighted by Crippen LogP contribution is -2.18. The molecule has 0 amide bonds. The van der Waals surface area contributed by atoms with Gasteiger partial charge >= 0.3 is 0 Å². The summed E-state index contributed by atoms with van der Waals surface area (Å²) >= 11 is 0. The Morgan fingerprint density at radius 3 is 2.00 bits per heavy atom. The second-order valence-electron chi connectivity index (χ2n) is 5.08. The van der Waals surface area contributed by atoms with E-state index in [2.05, 4.69) is 0 Å². The molecule has 0 bridgehead atoms. The highest BCUT2D eigenvalue weighted by Gasteiger charge is 2.20. The molecular formula is C20H18O4. The fraction of sp³-hybridized carbons (Fsp3) is 0.100. The third kappa shape index (κ3) is 4.59. The van der Waals surface area contributed by atoms with Crippen LogP contribution in [0.2, 0.25) is 0 Å². The van der Waals surface area contributed by atoms with Crippen molar-refractivity contribution in [3.05, 3.63) is 95.6 Å². The maximum Gasteiger partial charge on any atom is 0.192 e. The predicted molar refractivity (Wildman–Crippen MR) is 91.9 cm³/mol. The second-order valence-corrected chi connectivity index (χ2v) is 5.08. The minimum Gasteiger partial charge on any atom is -0.392 e. The van der Waals surface area contributed by atoms with Gasteiger partial charge in [-0.3, -0.25) is 9.59 Å². The van der Waals surface area contributed by atoms with Crippen molar-refractivity contribution in [2.75, 3.05) is 6.61 Å². The van der Waals surface area contributed by atoms with E-state index in [4.69, 9.17) is 5.11 Å². The van der Waals surface area contributed by atoms with Crippen LogP contribution in [0.1, 0.15) is 20.7 Å². The molecule has 2 aromatic rings. The Morgan fingerprint density at radius 2 is 1.46 bits per heavy atom. The van der Waals surface area contributed by atoms with Crippen molar-refractivity contribution in [2.24, 2.45) is 0 Å². The predicted octanol–water partition coefficient (Wildman–Crippen LogP) is 2.59. The van der Waals surface area contributed by atoms with Crippen LogP contribution in [0.4, 0.5) is 0 Å². The fourth-order valence-electron chi connectivity index (χ4n) is 2.16. The molecule has 0 aliphatic heterocycles. The van der Waals surface area contributed by atoms with E-state index in [9.17, 15) is 14.7 Å². The van der Waals surface area contributed by atoms with Crippen LogP contribution in [-0.4, -0.2) is 34.5 Å². The molecule has 24 heavy (non-hydrogen) atoms. The minimum absolute atomic E-state index is 0.0419. The molecule has 0 aliphatic rings. The largest absolute Gasteiger partial charge is 0.392 e. The van der Waals surface area contributed by atoms with Gasteiger partial charge in [0.05, 0.1) is 6.61 Å². The Morgan fingerprint density at radius 1 is 0.917 bits per heavy atom. The zero-order valence-electron chi connectivity index (χ0n) is 13.0. The van der Waals surface area contributed by atoms with E-state index >= 15 is 0 Å². The Balaban J connectivity index is 2.39. The van der Waals surface area contributed by atoms with Gasteiger partial charge in [-0.25, -0.2) is 0 Å². The Kier molecular flexibility index (Phi) is 6.37. The molecule has 0 heterocycles. The Bertz CT molecular complexity index is 746. The van der Waals surface area contributed by atoms with Crippen molar-refractivity contribution < 1.29 is 19.8 Å². The number of hydrogen-bond acceptors (Lipinski definition) is 4. The number of carbonyl (C=O) groups excluding carboxylic acids is 2. The van der Waals surface area contributed by atoms with Crippen molar-refractivity contribution in [3.63, 3.8) is 0 Å². The summed E-state index contributed by atoms with van der Waals surface area (Å²) in [5.41, 5.74) is 0.759. The normalized spacial score (nSPS) is 13.0. The lowest BCUT2D eigenvalue weighted by Gasteiger charge is -2.11. The smallest absolute Gasteiger partial charge is 0.192 e. The third-order valence-corrected chi connectivity index (χ3v) is 3.39. The number of benzene rings is 2. The van der Waals surface area contributed by atoms with Crippen LogP contribution >= 0.6 is 0 Å². The van der Waals surface area contributed by atoms with Crippen molar-refractivity contribution in [1.29, 1.82) is 0 Å². The number of allylic oxidation sites excluding steroid dienone is 1. The number of aliphatic hydroxyl groups is 2. The summed E-state index contributed by atoms with van der Waals surface area (Å²) < 4.78 is 0. The van der Waals surface area contributed by atoms with E-state index in [1.807, 2.05) is 0 Å². The first-order chi connectivity index (χ1) is 11.6. The monoisotopic (exact) mass is 322 g/mol. The molecular weight excluding hydrogens is 304 g/mol. The Hall–Kier alpha value is -2.82. The van der Waals surface area contributed by atoms with Crippen molar-refractivity contribution >= 4 is 11.6 Å². The lowest BCUT2D eigenvalue weighted by atomic mass is 9.96. The zero-order chi connectivity index (χ0) is 17.4. The molecule has 1 unspecified atom stereocenters. The molecule has 4 nitrogen and oxygen atoms in total. The maximum absolute atomic E-state index is 12.6. The lowest BCUT2D eigenvalue weighted by molar-refractivity contribution is 0.0983. The summed E-state index contributed by atoms with van der Waals surface area (Å²) in [6.45, 7) is -0.267. The van der Waals surface area contributed by atoms with Crippen molar-refractivity contribution in [1.82, 2.24) is 0 Å². The van der Waals surface area contributed by atoms with Crippen molar-refractivity contribution in [3.8, 4) is 0 Å². The fourth-order valence-corrected chi connectivity index (χ4v) is 2.16. The van der Waals surface area contributed by atoms with E-state index in [0.29, 0.717) is 11.1 Å². The van der Waals surface area contributed by atoms with Gasteiger partial charge in [0.1, 0.15) is 6.10 Å². The molecule has 0 fully saturated rings. The average Bonchev–Trinajstić information content (AvgIpc) is 2.64. The number of Topliss-reactive ketones (excluding diaryl/α,β-unsaturated/α-hetero) is 1. The van der Waals surface area contributed by atoms with Gasteiger partial charge in [-0.05, 0) is 6.08 Å². The summed E-state index contributed by atoms with van der Waals surface area (Å²) in [7, 11) is 0. The quantitative estimate of drug-likeness (QED) is 0.467. The van der Waals surface area contributed by atoms with Gasteiger partial charge in [0.15, 0.2) is 11.6 Å². The summed E-state index contributed by atoms with van der Waals surface area (Å²) in [5, 5.41) is 19.1. The van der Waals surface area contributed by atoms with Crippen LogP contribution in [0.25, 0.3) is 0 Å². The first-order valence-corrected chi connectivity index (χ1v) is 7.49. The van der Waals surface area contributed by atoms with Gasteiger partial charge in [-0.2, -0.15) is 0 Å². The van der Waals surface area contributed by atoms with Crippen LogP contribution in [0, 0.1) is 0 Å². The average molecular weight is 322 g/mol. The van der Waals surface area contributed by atoms with Crippen LogP contribution in [-0.2, 0) is 0 Å². The summed E-state index contributed by atoms with van der Waals surface area (Å²) in [6, 6.07) is 16.9. The van der Waals surface area contributed by atoms with Gasteiger partial charge in [0, 0.05) is 16.7 Å². The topological polar surface area (TPSA) is 74.6 Å². The summed E-state index contributed by atoms with van der Waals surface area (Å²) in [6.07, 6.45) is 2.48. The molecule has 1 atom stereocenters. The van der Waals surface area contributed by atoms with E-state index in [0.717, 1.165) is 6.08 Å². The minimum atomic E-state index is -1.28. The molecule has 122 valence electrons. The van der Waals surface area contributed by atoms with Crippen LogP contribution in [0.5, 0.6) is 0 Å². The number of hydrogen-bond donors (Lipinski definition) is 2. The number of ketones is 2. The maximum atomic E-state index is 12.6. The van der Waals surface area contributed by atoms with Crippen LogP contribution in [0.3, 0.4) is 0 Å². The summed E-state index contributed by atoms with van der Waals surface area (Å²) in [4.78, 5) is 25.0. The molecule has 4 heteroatoms. The van der Waals surface area contributed by atoms with Crippen LogP contribution in [0.15, 0.2) is 84.5 Å². The third-order valence-electron chi connectivity index (χ3n) is 3.39. The van der Waals surface area contributed by atoms with Crippen molar-refractivity contribution in [2.45, 2.75) is 6.10 Å². The highest BCUT2D eigenvalue weighted by Crippen LogP contribution is 2.15. The van der Waals surface area contributed by atoms with Gasteiger partial charge in [-0.1, -0.05) is 72.8 Å². The molecule has 2 aromatic carbocycles. The van der Waals surface area contributed by atoms with E-state index < -0.39 is 11.9 Å². The van der Waals surface area contributed by atoms with Gasteiger partial charge < -0.3 is 10.2 Å². The highest BCUT2D eigenvalue weighted by atomic mass is 16.3. The van der Waals surface area contributed by atoms with E-state index in [1.54, 1.807) is 60.7 Å². The molecule has 2 N–H and O–H groups in total. The molecule has 0 saturated carbocycles. The van der Waals surface area contributed by atoms with E-state index in [1.165, 1.54) is 12.2 Å². The van der Waals surface area contributed by atoms with E-state index in [-0.39, 0.29) is 18.0 Å². The second kappa shape index (κ2) is 8.72. The number of carbonyl (C=O) groups is 2. The van der Waals surface area contributed by atoms with Gasteiger partial charge in [-0.15, -0.1) is 0 Å². The highest BCUT2D eigenvalue weighted by molar-refractivity contribution is 6.15. The Labute approximate surface area is 140 Å². The zero-order valence-corrected chi connectivity index (χ0v) is 13.0. The molecule has 0 spiro atoms. The first kappa shape index (κ1) is 17.5. The molecule has 0 saturated heterocycles. The standard InChI is InChI=1S/C20H18O4/c21-13-7-12-18(22)17(20(24)16-10-5-2-6-11-16)14-19(23)15-8-3-1-4-9-15/h1-12,14,18,21-22H,13H2. The molecule has 2 rings (SSSR count). The number of aliphatic hydroxyl groups excluding tert-OH is 2. The van der Waals surface area contributed by atoms with Crippen LogP contribution < -0.4 is 0 Å². The molecule has 0 radical (unpaired) electrons. The SMILES string of the molecule is O=C(C=C(C(=O)c1ccccc1)C(O)C=CCO)c1ccccc1. The molecule has 0 aromatic heterocycles. The number of rotatable bonds is 7. The van der Waals surface area contributed by atoms with Gasteiger partial charge in [0.25, 0.3) is 0 Å². The first-order valence-electron chi connectivity index (χ1n) is 7.49.